The van der Waals surface area contributed by atoms with Crippen LogP contribution in [0.5, 0.6) is 0 Å². The summed E-state index contributed by atoms with van der Waals surface area (Å²) >= 11 is 7.65. The number of anilines is 2. The van der Waals surface area contributed by atoms with Crippen LogP contribution in [0.25, 0.3) is 5.57 Å². The number of alkyl halides is 3. The number of rotatable bonds is 17. The largest absolute Gasteiger partial charge is 0.501 e. The smallest absolute Gasteiger partial charge is 0.380 e. The van der Waals surface area contributed by atoms with Gasteiger partial charge in [0.1, 0.15) is 11.1 Å². The summed E-state index contributed by atoms with van der Waals surface area (Å²) in [6.07, 6.45) is 1.85. The van der Waals surface area contributed by atoms with E-state index in [1.165, 1.54) is 28.5 Å². The second kappa shape index (κ2) is 21.1. The molecule has 4 aromatic carbocycles. The molecule has 4 aromatic rings. The van der Waals surface area contributed by atoms with Crippen molar-refractivity contribution < 1.29 is 39.9 Å². The Kier molecular flexibility index (Phi) is 16.0. The first-order valence-electron chi connectivity index (χ1n) is 21.8. The lowest BCUT2D eigenvalue weighted by Crippen LogP contribution is -2.47. The summed E-state index contributed by atoms with van der Waals surface area (Å²) in [4.78, 5) is 5.80. The Morgan fingerprint density at radius 1 is 0.862 bits per heavy atom. The molecule has 2 aliphatic heterocycles. The van der Waals surface area contributed by atoms with Gasteiger partial charge in [0.15, 0.2) is 0 Å². The molecule has 2 saturated heterocycles. The summed E-state index contributed by atoms with van der Waals surface area (Å²) in [6.45, 7) is 11.8. The van der Waals surface area contributed by atoms with E-state index < -0.39 is 47.4 Å². The number of sulfonamides is 1. The number of ether oxygens (including phenoxy) is 1. The van der Waals surface area contributed by atoms with Crippen LogP contribution >= 0.6 is 23.4 Å². The average Bonchev–Trinajstić information content (AvgIpc) is 3.28. The molecular weight excluding hydrogens is 919 g/mol. The molecule has 11 nitrogen and oxygen atoms in total. The molecule has 65 heavy (non-hydrogen) atoms. The molecule has 0 spiro atoms. The number of nitrogens with zero attached hydrogens (tertiary/aromatic N) is 3. The van der Waals surface area contributed by atoms with Crippen LogP contribution in [0.3, 0.4) is 0 Å². The van der Waals surface area contributed by atoms with E-state index in [9.17, 15) is 35.1 Å². The first-order valence-corrected chi connectivity index (χ1v) is 26.1. The summed E-state index contributed by atoms with van der Waals surface area (Å²) < 4.78 is 104. The van der Waals surface area contributed by atoms with E-state index in [4.69, 9.17) is 16.3 Å². The molecular formula is C47H57ClF3N5O6S3. The van der Waals surface area contributed by atoms with Crippen molar-refractivity contribution in [2.45, 2.75) is 72.0 Å². The van der Waals surface area contributed by atoms with Crippen LogP contribution in [-0.4, -0.2) is 115 Å². The molecule has 2 fully saturated rings. The second-order valence-electron chi connectivity index (χ2n) is 17.6. The van der Waals surface area contributed by atoms with E-state index in [-0.39, 0.29) is 16.7 Å². The third-order valence-electron chi connectivity index (χ3n) is 12.3. The van der Waals surface area contributed by atoms with Gasteiger partial charge in [-0.05, 0) is 102 Å². The number of nitrogens with one attached hydrogen (secondary N) is 2. The Labute approximate surface area is 390 Å². The SMILES string of the molecule is CC1(C)CCC(c2ccc(Cl)cc2)=C(CN2CCN(c3ccc(C(O)NS(=O)(=O)c4ccc(N[C@@H](CCN5CCOCC5)CSc5ccccc5)c(S(=O)(=O)C(F)(F)F)c4)cc3)CC2)C1. The van der Waals surface area contributed by atoms with Crippen molar-refractivity contribution in [2.75, 3.05) is 81.5 Å². The van der Waals surface area contributed by atoms with Gasteiger partial charge in [0, 0.05) is 79.8 Å². The minimum Gasteiger partial charge on any atom is -0.380 e. The van der Waals surface area contributed by atoms with Gasteiger partial charge in [0.2, 0.25) is 10.0 Å². The zero-order valence-electron chi connectivity index (χ0n) is 36.6. The van der Waals surface area contributed by atoms with Crippen molar-refractivity contribution >= 4 is 60.2 Å². The lowest BCUT2D eigenvalue weighted by Gasteiger charge is -2.39. The molecule has 18 heteroatoms. The highest BCUT2D eigenvalue weighted by Gasteiger charge is 2.48. The monoisotopic (exact) mass is 975 g/mol. The highest BCUT2D eigenvalue weighted by atomic mass is 35.5. The molecule has 3 aliphatic rings. The average molecular weight is 977 g/mol. The van der Waals surface area contributed by atoms with E-state index in [2.05, 4.69) is 50.7 Å². The fraction of sp³-hybridized carbons (Fsp3) is 0.447. The number of allylic oxidation sites excluding steroid dienone is 1. The van der Waals surface area contributed by atoms with Gasteiger partial charge in [-0.15, -0.1) is 11.8 Å². The van der Waals surface area contributed by atoms with Crippen molar-refractivity contribution in [1.82, 2.24) is 14.5 Å². The van der Waals surface area contributed by atoms with Crippen LogP contribution in [-0.2, 0) is 24.6 Å². The number of aliphatic hydroxyl groups excluding tert-OH is 1. The summed E-state index contributed by atoms with van der Waals surface area (Å²) in [5, 5.41) is 14.8. The molecule has 352 valence electrons. The predicted molar refractivity (Wildman–Crippen MR) is 253 cm³/mol. The Balaban J connectivity index is 1.02. The number of halogens is 4. The quantitative estimate of drug-likeness (QED) is 0.0694. The highest BCUT2D eigenvalue weighted by Crippen LogP contribution is 2.43. The minimum atomic E-state index is -6.03. The van der Waals surface area contributed by atoms with Crippen molar-refractivity contribution in [3.63, 3.8) is 0 Å². The maximum absolute atomic E-state index is 14.2. The molecule has 2 atom stereocenters. The van der Waals surface area contributed by atoms with Crippen LogP contribution in [0, 0.1) is 5.41 Å². The summed E-state index contributed by atoms with van der Waals surface area (Å²) in [5.41, 5.74) is -0.707. The number of aliphatic hydroxyl groups is 1. The first-order chi connectivity index (χ1) is 30.9. The zero-order chi connectivity index (χ0) is 46.4. The van der Waals surface area contributed by atoms with Crippen molar-refractivity contribution in [3.8, 4) is 0 Å². The first kappa shape index (κ1) is 49.3. The van der Waals surface area contributed by atoms with Crippen molar-refractivity contribution in [3.05, 3.63) is 119 Å². The molecule has 0 bridgehead atoms. The van der Waals surface area contributed by atoms with E-state index in [0.717, 1.165) is 79.7 Å². The van der Waals surface area contributed by atoms with E-state index in [0.29, 0.717) is 51.1 Å². The summed E-state index contributed by atoms with van der Waals surface area (Å²) in [5.74, 6) is 0.381. The molecule has 0 saturated carbocycles. The Morgan fingerprint density at radius 3 is 2.20 bits per heavy atom. The fourth-order valence-corrected chi connectivity index (χ4v) is 11.8. The van der Waals surface area contributed by atoms with Crippen LogP contribution in [0.15, 0.2) is 117 Å². The van der Waals surface area contributed by atoms with E-state index in [1.54, 1.807) is 24.3 Å². The summed E-state index contributed by atoms with van der Waals surface area (Å²) in [7, 11) is -10.8. The van der Waals surface area contributed by atoms with Gasteiger partial charge in [0.25, 0.3) is 9.84 Å². The number of benzene rings is 4. The Morgan fingerprint density at radius 2 is 1.54 bits per heavy atom. The third-order valence-corrected chi connectivity index (χ3v) is 16.7. The van der Waals surface area contributed by atoms with Gasteiger partial charge in [-0.3, -0.25) is 9.80 Å². The lowest BCUT2D eigenvalue weighted by atomic mass is 9.73. The van der Waals surface area contributed by atoms with Gasteiger partial charge in [-0.1, -0.05) is 73.5 Å². The molecule has 0 amide bonds. The van der Waals surface area contributed by atoms with Crippen LogP contribution < -0.4 is 14.9 Å². The predicted octanol–water partition coefficient (Wildman–Crippen LogP) is 8.68. The fourth-order valence-electron chi connectivity index (χ4n) is 8.58. The second-order valence-corrected chi connectivity index (χ2v) is 22.8. The number of hydrogen-bond donors (Lipinski definition) is 3. The van der Waals surface area contributed by atoms with E-state index in [1.807, 2.05) is 42.5 Å². The van der Waals surface area contributed by atoms with Gasteiger partial charge in [-0.2, -0.15) is 17.9 Å². The Bertz CT molecular complexity index is 2480. The molecule has 3 N–H and O–H groups in total. The number of hydrogen-bond acceptors (Lipinski definition) is 11. The number of piperazine rings is 1. The minimum absolute atomic E-state index is 0.193. The third kappa shape index (κ3) is 12.9. The Hall–Kier alpha value is -3.65. The number of thioether (sulfide) groups is 1. The van der Waals surface area contributed by atoms with Gasteiger partial charge in [-0.25, -0.2) is 16.8 Å². The normalized spacial score (nSPS) is 19.0. The van der Waals surface area contributed by atoms with Gasteiger partial charge < -0.3 is 20.1 Å². The molecule has 0 aromatic heterocycles. The van der Waals surface area contributed by atoms with Crippen molar-refractivity contribution in [1.29, 1.82) is 0 Å². The molecule has 2 heterocycles. The zero-order valence-corrected chi connectivity index (χ0v) is 39.8. The lowest BCUT2D eigenvalue weighted by molar-refractivity contribution is -0.0435. The highest BCUT2D eigenvalue weighted by molar-refractivity contribution is 7.99. The number of morpholine rings is 1. The van der Waals surface area contributed by atoms with Gasteiger partial charge >= 0.3 is 5.51 Å². The van der Waals surface area contributed by atoms with Crippen molar-refractivity contribution in [2.24, 2.45) is 5.41 Å². The summed E-state index contributed by atoms with van der Waals surface area (Å²) in [6, 6.07) is 26.3. The topological polar surface area (TPSA) is 132 Å². The van der Waals surface area contributed by atoms with Crippen LogP contribution in [0.1, 0.15) is 56.9 Å². The van der Waals surface area contributed by atoms with Crippen LogP contribution in [0.2, 0.25) is 5.02 Å². The molecule has 0 radical (unpaired) electrons. The number of sulfone groups is 1. The maximum Gasteiger partial charge on any atom is 0.501 e. The van der Waals surface area contributed by atoms with Gasteiger partial charge in [0.05, 0.1) is 23.8 Å². The molecule has 7 rings (SSSR count). The van der Waals surface area contributed by atoms with E-state index >= 15 is 0 Å². The standard InChI is InChI=1S/C47H57ClF3N5O6S3/c1-46(2)20-18-42(34-8-12-37(48)13-9-34)36(31-46)32-55-22-24-56(25-23-55)39-14-10-35(11-15-39)45(57)53-65(60,61)41-16-17-43(44(30-41)64(58,59)47(49,50)51)52-38(19-21-54-26-28-62-29-27-54)33-63-40-6-4-3-5-7-40/h3-17,30,38,45,52-53,57H,18-29,31-33H2,1-2H3/t38-,45?/m0/s1. The molecule has 1 aliphatic carbocycles. The van der Waals surface area contributed by atoms with Crippen LogP contribution in [0.4, 0.5) is 24.5 Å². The molecule has 1 unspecified atom stereocenters. The maximum atomic E-state index is 14.2.